The number of hydrogen-bond acceptors (Lipinski definition) is 5. The summed E-state index contributed by atoms with van der Waals surface area (Å²) in [5.74, 6) is 1.22. The first-order valence-corrected chi connectivity index (χ1v) is 8.78. The van der Waals surface area contributed by atoms with Crippen LogP contribution in [-0.4, -0.2) is 38.4 Å². The molecule has 0 radical (unpaired) electrons. The lowest BCUT2D eigenvalue weighted by Crippen LogP contribution is -2.19. The van der Waals surface area contributed by atoms with Gasteiger partial charge in [-0.25, -0.2) is 0 Å². The van der Waals surface area contributed by atoms with Crippen LogP contribution in [0.4, 0.5) is 0 Å². The van der Waals surface area contributed by atoms with Crippen molar-refractivity contribution in [3.63, 3.8) is 0 Å². The van der Waals surface area contributed by atoms with Crippen LogP contribution in [0.1, 0.15) is 26.2 Å². The van der Waals surface area contributed by atoms with Gasteiger partial charge in [0.1, 0.15) is 0 Å². The maximum Gasteiger partial charge on any atom is 0.248 e. The molecule has 132 valence electrons. The van der Waals surface area contributed by atoms with E-state index in [0.29, 0.717) is 35.9 Å². The number of fused-ring (bicyclic) bond motifs is 1. The zero-order valence-electron chi connectivity index (χ0n) is 14.6. The molecule has 24 heavy (non-hydrogen) atoms. The van der Waals surface area contributed by atoms with Crippen molar-refractivity contribution in [2.24, 2.45) is 4.99 Å². The Hall–Kier alpha value is -1.86. The molecule has 0 atom stereocenters. The first kappa shape index (κ1) is 18.5. The second-order valence-corrected chi connectivity index (χ2v) is 6.32. The fourth-order valence-electron chi connectivity index (χ4n) is 2.37. The second kappa shape index (κ2) is 8.84. The number of amides is 1. The molecule has 0 N–H and O–H groups in total. The van der Waals surface area contributed by atoms with Gasteiger partial charge in [-0.3, -0.25) is 4.79 Å². The fourth-order valence-corrected chi connectivity index (χ4v) is 3.45. The zero-order valence-corrected chi connectivity index (χ0v) is 15.4. The van der Waals surface area contributed by atoms with Gasteiger partial charge in [0.2, 0.25) is 5.91 Å². The van der Waals surface area contributed by atoms with E-state index in [1.165, 1.54) is 11.3 Å². The van der Waals surface area contributed by atoms with E-state index in [-0.39, 0.29) is 5.91 Å². The molecule has 0 bridgehead atoms. The number of benzene rings is 1. The minimum atomic E-state index is -0.0893. The van der Waals surface area contributed by atoms with Crippen LogP contribution in [0.15, 0.2) is 17.1 Å². The van der Waals surface area contributed by atoms with Crippen LogP contribution >= 0.6 is 11.3 Å². The Morgan fingerprint density at radius 1 is 1.21 bits per heavy atom. The van der Waals surface area contributed by atoms with Crippen molar-refractivity contribution in [3.8, 4) is 11.5 Å². The third-order valence-corrected chi connectivity index (χ3v) is 4.71. The van der Waals surface area contributed by atoms with Crippen LogP contribution in [0.2, 0.25) is 0 Å². The Kier molecular flexibility index (Phi) is 6.81. The summed E-state index contributed by atoms with van der Waals surface area (Å²) in [5.41, 5.74) is 0.955. The summed E-state index contributed by atoms with van der Waals surface area (Å²) in [6, 6.07) is 3.83. The largest absolute Gasteiger partial charge is 0.493 e. The number of unbranched alkanes of at least 4 members (excludes halogenated alkanes) is 1. The molecule has 6 nitrogen and oxygen atoms in total. The average Bonchev–Trinajstić information content (AvgIpc) is 2.92. The number of ether oxygens (including phenoxy) is 3. The molecule has 0 spiro atoms. The van der Waals surface area contributed by atoms with E-state index in [1.807, 2.05) is 16.7 Å². The maximum atomic E-state index is 12.1. The van der Waals surface area contributed by atoms with Crippen LogP contribution < -0.4 is 14.3 Å². The van der Waals surface area contributed by atoms with E-state index in [2.05, 4.69) is 11.9 Å². The van der Waals surface area contributed by atoms with Gasteiger partial charge < -0.3 is 18.8 Å². The van der Waals surface area contributed by atoms with Gasteiger partial charge in [0.05, 0.1) is 31.0 Å². The Morgan fingerprint density at radius 3 is 2.54 bits per heavy atom. The van der Waals surface area contributed by atoms with Crippen LogP contribution in [0.25, 0.3) is 10.2 Å². The molecule has 0 saturated heterocycles. The summed E-state index contributed by atoms with van der Waals surface area (Å²) in [4.78, 5) is 17.0. The van der Waals surface area contributed by atoms with Crippen molar-refractivity contribution in [1.29, 1.82) is 0 Å². The number of carbonyl (C=O) groups excluding carboxylic acids is 1. The highest BCUT2D eigenvalue weighted by molar-refractivity contribution is 7.16. The lowest BCUT2D eigenvalue weighted by molar-refractivity contribution is -0.118. The SMILES string of the molecule is CCCCC(=O)N=c1sc2cc(OC)c(OC)cc2n1CCOC. The molecule has 7 heteroatoms. The number of nitrogens with zero attached hydrogens (tertiary/aromatic N) is 2. The molecule has 0 aliphatic carbocycles. The smallest absolute Gasteiger partial charge is 0.248 e. The van der Waals surface area contributed by atoms with Gasteiger partial charge in [-0.1, -0.05) is 24.7 Å². The molecule has 0 saturated carbocycles. The summed E-state index contributed by atoms with van der Waals surface area (Å²) < 4.78 is 18.9. The predicted molar refractivity (Wildman–Crippen MR) is 94.9 cm³/mol. The third-order valence-electron chi connectivity index (χ3n) is 3.67. The first-order chi connectivity index (χ1) is 11.6. The van der Waals surface area contributed by atoms with E-state index < -0.39 is 0 Å². The fraction of sp³-hybridized carbons (Fsp3) is 0.529. The van der Waals surface area contributed by atoms with Gasteiger partial charge in [-0.2, -0.15) is 4.99 Å². The molecular formula is C17H24N2O4S. The standard InChI is InChI=1S/C17H24N2O4S/c1-5-6-7-16(20)18-17-19(8-9-21-2)12-10-13(22-3)14(23-4)11-15(12)24-17/h10-11H,5-9H2,1-4H3. The van der Waals surface area contributed by atoms with Crippen molar-refractivity contribution in [2.45, 2.75) is 32.7 Å². The Balaban J connectivity index is 2.56. The van der Waals surface area contributed by atoms with Crippen LogP contribution in [0.5, 0.6) is 11.5 Å². The highest BCUT2D eigenvalue weighted by atomic mass is 32.1. The average molecular weight is 352 g/mol. The molecule has 0 aliphatic heterocycles. The number of thiazole rings is 1. The number of rotatable bonds is 8. The lowest BCUT2D eigenvalue weighted by atomic mass is 10.2. The van der Waals surface area contributed by atoms with Crippen LogP contribution in [0.3, 0.4) is 0 Å². The highest BCUT2D eigenvalue weighted by Crippen LogP contribution is 2.33. The third kappa shape index (κ3) is 4.15. The molecule has 0 unspecified atom stereocenters. The van der Waals surface area contributed by atoms with Gasteiger partial charge in [0, 0.05) is 32.2 Å². The number of hydrogen-bond donors (Lipinski definition) is 0. The van der Waals surface area contributed by atoms with E-state index in [9.17, 15) is 4.79 Å². The first-order valence-electron chi connectivity index (χ1n) is 7.96. The van der Waals surface area contributed by atoms with Crippen molar-refractivity contribution in [2.75, 3.05) is 27.9 Å². The van der Waals surface area contributed by atoms with E-state index >= 15 is 0 Å². The number of carbonyl (C=O) groups is 1. The predicted octanol–water partition coefficient (Wildman–Crippen LogP) is 2.98. The van der Waals surface area contributed by atoms with Gasteiger partial charge >= 0.3 is 0 Å². The topological polar surface area (TPSA) is 62.0 Å². The Morgan fingerprint density at radius 2 is 1.92 bits per heavy atom. The molecule has 1 aromatic carbocycles. The molecule has 2 aromatic rings. The summed E-state index contributed by atoms with van der Waals surface area (Å²) in [5, 5.41) is 0. The summed E-state index contributed by atoms with van der Waals surface area (Å²) in [7, 11) is 4.87. The van der Waals surface area contributed by atoms with Gasteiger partial charge in [-0.15, -0.1) is 0 Å². The molecule has 0 aliphatic rings. The van der Waals surface area contributed by atoms with E-state index in [1.54, 1.807) is 21.3 Å². The molecule has 0 fully saturated rings. The van der Waals surface area contributed by atoms with Gasteiger partial charge in [0.15, 0.2) is 16.3 Å². The molecular weight excluding hydrogens is 328 g/mol. The monoisotopic (exact) mass is 352 g/mol. The zero-order chi connectivity index (χ0) is 17.5. The van der Waals surface area contributed by atoms with E-state index in [4.69, 9.17) is 14.2 Å². The highest BCUT2D eigenvalue weighted by Gasteiger charge is 2.13. The van der Waals surface area contributed by atoms with Crippen LogP contribution in [0, 0.1) is 0 Å². The molecule has 1 aromatic heterocycles. The summed E-state index contributed by atoms with van der Waals surface area (Å²) in [6.07, 6.45) is 2.31. The van der Waals surface area contributed by atoms with Crippen LogP contribution in [-0.2, 0) is 16.1 Å². The number of methoxy groups -OCH3 is 3. The number of aromatic nitrogens is 1. The summed E-state index contributed by atoms with van der Waals surface area (Å²) in [6.45, 7) is 3.21. The Bertz CT molecular complexity index is 764. The van der Waals surface area contributed by atoms with Crippen molar-refractivity contribution < 1.29 is 19.0 Å². The van der Waals surface area contributed by atoms with Crippen molar-refractivity contribution in [1.82, 2.24) is 4.57 Å². The van der Waals surface area contributed by atoms with Crippen molar-refractivity contribution in [3.05, 3.63) is 16.9 Å². The maximum absolute atomic E-state index is 12.1. The minimum absolute atomic E-state index is 0.0893. The minimum Gasteiger partial charge on any atom is -0.493 e. The van der Waals surface area contributed by atoms with Gasteiger partial charge in [0.25, 0.3) is 0 Å². The molecule has 1 heterocycles. The Labute approximate surface area is 145 Å². The van der Waals surface area contributed by atoms with Gasteiger partial charge in [-0.05, 0) is 6.42 Å². The van der Waals surface area contributed by atoms with E-state index in [0.717, 1.165) is 23.1 Å². The summed E-state index contributed by atoms with van der Waals surface area (Å²) >= 11 is 1.47. The molecule has 2 rings (SSSR count). The lowest BCUT2D eigenvalue weighted by Gasteiger charge is -2.09. The molecule has 1 amide bonds. The van der Waals surface area contributed by atoms with Crippen molar-refractivity contribution >= 4 is 27.5 Å². The second-order valence-electron chi connectivity index (χ2n) is 5.31. The quantitative estimate of drug-likeness (QED) is 0.733. The normalized spacial score (nSPS) is 11.9.